The molecule has 0 aromatic heterocycles. The summed E-state index contributed by atoms with van der Waals surface area (Å²) >= 11 is 0. The molecule has 146 valence electrons. The first kappa shape index (κ1) is 19.8. The molecule has 0 unspecified atom stereocenters. The van der Waals surface area contributed by atoms with E-state index in [1.54, 1.807) is 19.1 Å². The van der Waals surface area contributed by atoms with E-state index in [0.29, 0.717) is 24.7 Å². The van der Waals surface area contributed by atoms with Gasteiger partial charge in [0.15, 0.2) is 17.9 Å². The topological polar surface area (TPSA) is 27.7 Å². The van der Waals surface area contributed by atoms with Gasteiger partial charge in [-0.05, 0) is 31.0 Å². The minimum absolute atomic E-state index is 0.0722. The first-order valence-electron chi connectivity index (χ1n) is 9.58. The normalized spacial score (nSPS) is 19.9. The minimum Gasteiger partial charge on any atom is -0.491 e. The fraction of sp³-hybridized carbons (Fsp3) is 0.455. The van der Waals surface area contributed by atoms with E-state index in [1.165, 1.54) is 25.0 Å². The maximum absolute atomic E-state index is 14.4. The van der Waals surface area contributed by atoms with Gasteiger partial charge < -0.3 is 14.2 Å². The van der Waals surface area contributed by atoms with Crippen molar-refractivity contribution in [3.05, 3.63) is 53.6 Å². The van der Waals surface area contributed by atoms with Gasteiger partial charge in [-0.15, -0.1) is 0 Å². The highest BCUT2D eigenvalue weighted by molar-refractivity contribution is 5.65. The van der Waals surface area contributed by atoms with E-state index < -0.39 is 17.9 Å². The van der Waals surface area contributed by atoms with E-state index in [0.717, 1.165) is 12.0 Å². The standard InChI is InChI=1S/C22H26F2O3/c1-3-5-6-15-13-26-22(27-14-15)17-9-7-16(8-10-17)18-11-12-19(25-4-2)21(24)20(18)23/h7-12,15,22H,3-6,13-14H2,1-2H3. The fourth-order valence-corrected chi connectivity index (χ4v) is 3.24. The number of rotatable bonds is 7. The Kier molecular flexibility index (Phi) is 6.80. The average molecular weight is 376 g/mol. The Morgan fingerprint density at radius 2 is 1.67 bits per heavy atom. The fourth-order valence-electron chi connectivity index (χ4n) is 3.24. The zero-order valence-electron chi connectivity index (χ0n) is 15.8. The van der Waals surface area contributed by atoms with E-state index >= 15 is 0 Å². The summed E-state index contributed by atoms with van der Waals surface area (Å²) in [6, 6.07) is 10.2. The molecule has 1 saturated heterocycles. The summed E-state index contributed by atoms with van der Waals surface area (Å²) in [5.41, 5.74) is 1.67. The second-order valence-electron chi connectivity index (χ2n) is 6.80. The molecule has 2 aromatic rings. The zero-order chi connectivity index (χ0) is 19.2. The highest BCUT2D eigenvalue weighted by Gasteiger charge is 2.23. The van der Waals surface area contributed by atoms with Crippen molar-refractivity contribution in [1.82, 2.24) is 0 Å². The van der Waals surface area contributed by atoms with Gasteiger partial charge in [0.1, 0.15) is 0 Å². The molecule has 1 heterocycles. The van der Waals surface area contributed by atoms with Crippen molar-refractivity contribution < 1.29 is 23.0 Å². The largest absolute Gasteiger partial charge is 0.491 e. The first-order valence-corrected chi connectivity index (χ1v) is 9.58. The summed E-state index contributed by atoms with van der Waals surface area (Å²) in [7, 11) is 0. The second kappa shape index (κ2) is 9.29. The van der Waals surface area contributed by atoms with E-state index in [4.69, 9.17) is 14.2 Å². The molecule has 1 fully saturated rings. The number of unbranched alkanes of at least 4 members (excludes halogenated alkanes) is 1. The quantitative estimate of drug-likeness (QED) is 0.604. The van der Waals surface area contributed by atoms with Crippen molar-refractivity contribution in [2.75, 3.05) is 19.8 Å². The van der Waals surface area contributed by atoms with Crippen LogP contribution in [-0.2, 0) is 9.47 Å². The Balaban J connectivity index is 1.69. The molecule has 27 heavy (non-hydrogen) atoms. The first-order chi connectivity index (χ1) is 13.1. The predicted molar refractivity (Wildman–Crippen MR) is 101 cm³/mol. The number of halogens is 2. The molecule has 3 rings (SSSR count). The van der Waals surface area contributed by atoms with Crippen LogP contribution in [0.4, 0.5) is 8.78 Å². The molecule has 5 heteroatoms. The summed E-state index contributed by atoms with van der Waals surface area (Å²) < 4.78 is 45.2. The van der Waals surface area contributed by atoms with Crippen LogP contribution in [0, 0.1) is 17.6 Å². The molecule has 0 aliphatic carbocycles. The lowest BCUT2D eigenvalue weighted by atomic mass is 10.0. The van der Waals surface area contributed by atoms with Crippen LogP contribution in [0.25, 0.3) is 11.1 Å². The van der Waals surface area contributed by atoms with Gasteiger partial charge in [0.25, 0.3) is 0 Å². The third-order valence-corrected chi connectivity index (χ3v) is 4.77. The molecule has 3 nitrogen and oxygen atoms in total. The van der Waals surface area contributed by atoms with Gasteiger partial charge in [0.2, 0.25) is 5.82 Å². The van der Waals surface area contributed by atoms with Gasteiger partial charge in [-0.2, -0.15) is 4.39 Å². The third kappa shape index (κ3) is 4.66. The number of hydrogen-bond donors (Lipinski definition) is 0. The van der Waals surface area contributed by atoms with Gasteiger partial charge >= 0.3 is 0 Å². The van der Waals surface area contributed by atoms with Crippen LogP contribution in [0.15, 0.2) is 36.4 Å². The molecule has 0 atom stereocenters. The van der Waals surface area contributed by atoms with Crippen LogP contribution in [-0.4, -0.2) is 19.8 Å². The molecule has 0 bridgehead atoms. The lowest BCUT2D eigenvalue weighted by molar-refractivity contribution is -0.206. The molecule has 2 aromatic carbocycles. The van der Waals surface area contributed by atoms with Gasteiger partial charge in [-0.1, -0.05) is 44.0 Å². The second-order valence-corrected chi connectivity index (χ2v) is 6.80. The SMILES string of the molecule is CCCCC1COC(c2ccc(-c3ccc(OCC)c(F)c3F)cc2)OC1. The molecule has 0 N–H and O–H groups in total. The molecule has 0 amide bonds. The summed E-state index contributed by atoms with van der Waals surface area (Å²) in [6.07, 6.45) is 3.06. The smallest absolute Gasteiger partial charge is 0.201 e. The van der Waals surface area contributed by atoms with Crippen molar-refractivity contribution in [3.63, 3.8) is 0 Å². The van der Waals surface area contributed by atoms with Gasteiger partial charge in [0, 0.05) is 17.0 Å². The van der Waals surface area contributed by atoms with E-state index in [-0.39, 0.29) is 17.9 Å². The zero-order valence-corrected chi connectivity index (χ0v) is 15.8. The summed E-state index contributed by atoms with van der Waals surface area (Å²) in [6.45, 7) is 5.56. The third-order valence-electron chi connectivity index (χ3n) is 4.77. The minimum atomic E-state index is -0.963. The Labute approximate surface area is 159 Å². The molecule has 0 spiro atoms. The van der Waals surface area contributed by atoms with Crippen molar-refractivity contribution >= 4 is 0 Å². The Morgan fingerprint density at radius 3 is 2.30 bits per heavy atom. The molecule has 0 saturated carbocycles. The van der Waals surface area contributed by atoms with Crippen LogP contribution >= 0.6 is 0 Å². The van der Waals surface area contributed by atoms with E-state index in [9.17, 15) is 8.78 Å². The Bertz CT molecular complexity index is 738. The highest BCUT2D eigenvalue weighted by atomic mass is 19.2. The number of ether oxygens (including phenoxy) is 3. The average Bonchev–Trinajstić information content (AvgIpc) is 2.71. The number of benzene rings is 2. The lowest BCUT2D eigenvalue weighted by Crippen LogP contribution is -2.27. The summed E-state index contributed by atoms with van der Waals surface area (Å²) in [4.78, 5) is 0. The maximum Gasteiger partial charge on any atom is 0.201 e. The summed E-state index contributed by atoms with van der Waals surface area (Å²) in [5, 5.41) is 0. The van der Waals surface area contributed by atoms with E-state index in [2.05, 4.69) is 6.92 Å². The van der Waals surface area contributed by atoms with Crippen molar-refractivity contribution in [1.29, 1.82) is 0 Å². The highest BCUT2D eigenvalue weighted by Crippen LogP contribution is 2.32. The monoisotopic (exact) mass is 376 g/mol. The van der Waals surface area contributed by atoms with Crippen LogP contribution in [0.3, 0.4) is 0 Å². The van der Waals surface area contributed by atoms with Crippen molar-refractivity contribution in [2.24, 2.45) is 5.92 Å². The molecule has 1 aliphatic rings. The Morgan fingerprint density at radius 1 is 0.963 bits per heavy atom. The van der Waals surface area contributed by atoms with Crippen LogP contribution in [0.1, 0.15) is 45.0 Å². The van der Waals surface area contributed by atoms with E-state index in [1.807, 2.05) is 12.1 Å². The van der Waals surface area contributed by atoms with Crippen LogP contribution in [0.5, 0.6) is 5.75 Å². The van der Waals surface area contributed by atoms with Crippen LogP contribution in [0.2, 0.25) is 0 Å². The van der Waals surface area contributed by atoms with Gasteiger partial charge in [0.05, 0.1) is 19.8 Å². The Hall–Kier alpha value is -1.98. The van der Waals surface area contributed by atoms with Crippen molar-refractivity contribution in [3.8, 4) is 16.9 Å². The molecule has 1 aliphatic heterocycles. The molecular formula is C22H26F2O3. The summed E-state index contributed by atoms with van der Waals surface area (Å²) in [5.74, 6) is -1.49. The predicted octanol–water partition coefficient (Wildman–Crippen LogP) is 5.88. The molecular weight excluding hydrogens is 350 g/mol. The van der Waals surface area contributed by atoms with Crippen LogP contribution < -0.4 is 4.74 Å². The van der Waals surface area contributed by atoms with Crippen molar-refractivity contribution in [2.45, 2.75) is 39.4 Å². The number of hydrogen-bond acceptors (Lipinski definition) is 3. The lowest BCUT2D eigenvalue weighted by Gasteiger charge is -2.29. The maximum atomic E-state index is 14.4. The van der Waals surface area contributed by atoms with Gasteiger partial charge in [-0.25, -0.2) is 4.39 Å². The molecule has 0 radical (unpaired) electrons. The van der Waals surface area contributed by atoms with Gasteiger partial charge in [-0.3, -0.25) is 0 Å².